The molecule has 3 aromatic rings. The summed E-state index contributed by atoms with van der Waals surface area (Å²) in [5.74, 6) is -2.17. The summed E-state index contributed by atoms with van der Waals surface area (Å²) in [6.45, 7) is 2.18. The van der Waals surface area contributed by atoms with Crippen LogP contribution in [-0.4, -0.2) is 30.6 Å². The topological polar surface area (TPSA) is 106 Å². The summed E-state index contributed by atoms with van der Waals surface area (Å²) >= 11 is 1.29. The van der Waals surface area contributed by atoms with E-state index < -0.39 is 17.8 Å². The van der Waals surface area contributed by atoms with Crippen LogP contribution in [0, 0.1) is 5.82 Å². The number of esters is 1. The molecule has 1 heterocycles. The molecule has 0 radical (unpaired) electrons. The number of benzene rings is 2. The lowest BCUT2D eigenvalue weighted by molar-refractivity contribution is -0.136. The zero-order valence-electron chi connectivity index (χ0n) is 19.5. The van der Waals surface area contributed by atoms with Crippen molar-refractivity contribution in [2.75, 3.05) is 11.9 Å². The summed E-state index contributed by atoms with van der Waals surface area (Å²) in [4.78, 5) is 38.1. The first kappa shape index (κ1) is 25.1. The van der Waals surface area contributed by atoms with E-state index in [4.69, 9.17) is 9.47 Å². The number of nitrogens with zero attached hydrogens (tertiary/aromatic N) is 1. The number of hydrazone groups is 1. The molecule has 0 atom stereocenters. The van der Waals surface area contributed by atoms with Crippen LogP contribution in [0.25, 0.3) is 0 Å². The van der Waals surface area contributed by atoms with Gasteiger partial charge in [-0.1, -0.05) is 24.3 Å². The zero-order chi connectivity index (χ0) is 25.5. The number of hydrogen-bond donors (Lipinski definition) is 2. The second-order valence-electron chi connectivity index (χ2n) is 7.92. The van der Waals surface area contributed by atoms with Crippen molar-refractivity contribution >= 4 is 40.3 Å². The van der Waals surface area contributed by atoms with Gasteiger partial charge in [0.05, 0.1) is 18.4 Å². The Balaban J connectivity index is 1.33. The SMILES string of the molecule is CCOC(=O)c1c(NC(=O)C(=O)NN=Cc2cccc(OCc3ccc(F)cc3)c2)sc2c1CCC2. The van der Waals surface area contributed by atoms with Crippen LogP contribution in [0.1, 0.15) is 45.3 Å². The first-order chi connectivity index (χ1) is 17.4. The van der Waals surface area contributed by atoms with Crippen LogP contribution in [-0.2, 0) is 33.8 Å². The number of rotatable bonds is 8. The predicted octanol–water partition coefficient (Wildman–Crippen LogP) is 4.22. The summed E-state index contributed by atoms with van der Waals surface area (Å²) in [5, 5.41) is 6.67. The molecular weight excluding hydrogens is 485 g/mol. The lowest BCUT2D eigenvalue weighted by Crippen LogP contribution is -2.32. The van der Waals surface area contributed by atoms with Gasteiger partial charge in [-0.15, -0.1) is 11.3 Å². The lowest BCUT2D eigenvalue weighted by atomic mass is 10.1. The Labute approximate surface area is 211 Å². The van der Waals surface area contributed by atoms with E-state index in [0.29, 0.717) is 21.9 Å². The quantitative estimate of drug-likeness (QED) is 0.205. The van der Waals surface area contributed by atoms with Gasteiger partial charge < -0.3 is 14.8 Å². The molecule has 0 bridgehead atoms. The van der Waals surface area contributed by atoms with E-state index in [1.807, 2.05) is 0 Å². The third-order valence-corrected chi connectivity index (χ3v) is 6.60. The van der Waals surface area contributed by atoms with E-state index in [2.05, 4.69) is 15.8 Å². The number of carbonyl (C=O) groups excluding carboxylic acids is 3. The smallest absolute Gasteiger partial charge is 0.341 e. The van der Waals surface area contributed by atoms with Crippen LogP contribution < -0.4 is 15.5 Å². The van der Waals surface area contributed by atoms with E-state index in [0.717, 1.165) is 35.3 Å². The Morgan fingerprint density at radius 1 is 1.11 bits per heavy atom. The number of halogens is 1. The van der Waals surface area contributed by atoms with Gasteiger partial charge in [-0.2, -0.15) is 5.10 Å². The van der Waals surface area contributed by atoms with E-state index in [1.54, 1.807) is 43.3 Å². The normalized spacial score (nSPS) is 12.3. The van der Waals surface area contributed by atoms with E-state index in [9.17, 15) is 18.8 Å². The molecule has 0 aliphatic heterocycles. The minimum absolute atomic E-state index is 0.213. The van der Waals surface area contributed by atoms with Crippen molar-refractivity contribution in [3.63, 3.8) is 0 Å². The van der Waals surface area contributed by atoms with Crippen molar-refractivity contribution in [2.24, 2.45) is 5.10 Å². The highest BCUT2D eigenvalue weighted by atomic mass is 32.1. The Kier molecular flexibility index (Phi) is 8.06. The number of anilines is 1. The third-order valence-electron chi connectivity index (χ3n) is 5.39. The average molecular weight is 510 g/mol. The molecule has 8 nitrogen and oxygen atoms in total. The molecule has 10 heteroatoms. The van der Waals surface area contributed by atoms with E-state index in [1.165, 1.54) is 29.7 Å². The molecular formula is C26H24FN3O5S. The number of carbonyl (C=O) groups is 3. The first-order valence-electron chi connectivity index (χ1n) is 11.4. The highest BCUT2D eigenvalue weighted by molar-refractivity contribution is 7.17. The highest BCUT2D eigenvalue weighted by Gasteiger charge is 2.29. The molecule has 0 saturated heterocycles. The Morgan fingerprint density at radius 2 is 1.92 bits per heavy atom. The van der Waals surface area contributed by atoms with Gasteiger partial charge in [-0.25, -0.2) is 14.6 Å². The molecule has 36 heavy (non-hydrogen) atoms. The predicted molar refractivity (Wildman–Crippen MR) is 134 cm³/mol. The molecule has 0 spiro atoms. The summed E-state index contributed by atoms with van der Waals surface area (Å²) in [7, 11) is 0. The fraction of sp³-hybridized carbons (Fsp3) is 0.231. The van der Waals surface area contributed by atoms with E-state index in [-0.39, 0.29) is 19.0 Å². The van der Waals surface area contributed by atoms with Gasteiger partial charge in [0.1, 0.15) is 23.2 Å². The zero-order valence-corrected chi connectivity index (χ0v) is 20.3. The lowest BCUT2D eigenvalue weighted by Gasteiger charge is -2.07. The molecule has 2 aromatic carbocycles. The maximum Gasteiger partial charge on any atom is 0.341 e. The number of nitrogens with one attached hydrogen (secondary N) is 2. The summed E-state index contributed by atoms with van der Waals surface area (Å²) in [5.41, 5.74) is 4.85. The minimum Gasteiger partial charge on any atom is -0.489 e. The van der Waals surface area contributed by atoms with Crippen molar-refractivity contribution in [2.45, 2.75) is 32.8 Å². The maximum atomic E-state index is 13.0. The van der Waals surface area contributed by atoms with Crippen LogP contribution in [0.3, 0.4) is 0 Å². The summed E-state index contributed by atoms with van der Waals surface area (Å²) < 4.78 is 23.9. The first-order valence-corrected chi connectivity index (χ1v) is 12.2. The van der Waals surface area contributed by atoms with Gasteiger partial charge in [0.2, 0.25) is 0 Å². The number of ether oxygens (including phenoxy) is 2. The van der Waals surface area contributed by atoms with Crippen LogP contribution in [0.5, 0.6) is 5.75 Å². The van der Waals surface area contributed by atoms with Gasteiger partial charge in [-0.05, 0) is 67.1 Å². The standard InChI is InChI=1S/C26H24FN3O5S/c1-2-34-26(33)22-20-7-4-8-21(20)36-25(22)29-23(31)24(32)30-28-14-17-5-3-6-19(13-17)35-15-16-9-11-18(27)12-10-16/h3,5-6,9-14H,2,4,7-8,15H2,1H3,(H,29,31)(H,30,32). The molecule has 186 valence electrons. The van der Waals surface area contributed by atoms with Crippen molar-refractivity contribution < 1.29 is 28.2 Å². The molecule has 2 N–H and O–H groups in total. The second kappa shape index (κ2) is 11.6. The second-order valence-corrected chi connectivity index (χ2v) is 9.03. The number of thiophene rings is 1. The molecule has 1 aromatic heterocycles. The molecule has 2 amide bonds. The third kappa shape index (κ3) is 6.14. The fourth-order valence-electron chi connectivity index (χ4n) is 3.72. The van der Waals surface area contributed by atoms with Crippen molar-refractivity contribution in [3.8, 4) is 5.75 Å². The maximum absolute atomic E-state index is 13.0. The molecule has 0 unspecified atom stereocenters. The fourth-order valence-corrected chi connectivity index (χ4v) is 4.99. The Hall–Kier alpha value is -4.05. The number of fused-ring (bicyclic) bond motifs is 1. The van der Waals surface area contributed by atoms with Crippen molar-refractivity contribution in [3.05, 3.63) is 81.5 Å². The average Bonchev–Trinajstić information content (AvgIpc) is 3.45. The monoisotopic (exact) mass is 509 g/mol. The van der Waals surface area contributed by atoms with E-state index >= 15 is 0 Å². The van der Waals surface area contributed by atoms with Crippen molar-refractivity contribution in [1.82, 2.24) is 5.43 Å². The Morgan fingerprint density at radius 3 is 2.69 bits per heavy atom. The van der Waals surface area contributed by atoms with Crippen LogP contribution in [0.4, 0.5) is 9.39 Å². The summed E-state index contributed by atoms with van der Waals surface area (Å²) in [6, 6.07) is 13.0. The van der Waals surface area contributed by atoms with Crippen LogP contribution in [0.15, 0.2) is 53.6 Å². The largest absolute Gasteiger partial charge is 0.489 e. The number of amides is 2. The van der Waals surface area contributed by atoms with Crippen LogP contribution in [0.2, 0.25) is 0 Å². The van der Waals surface area contributed by atoms with Gasteiger partial charge in [-0.3, -0.25) is 9.59 Å². The molecule has 0 saturated carbocycles. The Bertz CT molecular complexity index is 1300. The van der Waals surface area contributed by atoms with Gasteiger partial charge in [0, 0.05) is 4.88 Å². The molecule has 1 aliphatic rings. The molecule has 1 aliphatic carbocycles. The van der Waals surface area contributed by atoms with Gasteiger partial charge in [0.15, 0.2) is 0 Å². The number of aryl methyl sites for hydroxylation is 1. The molecule has 0 fully saturated rings. The van der Waals surface area contributed by atoms with Crippen LogP contribution >= 0.6 is 11.3 Å². The number of hydrogen-bond acceptors (Lipinski definition) is 7. The molecule has 4 rings (SSSR count). The van der Waals surface area contributed by atoms with Gasteiger partial charge in [0.25, 0.3) is 0 Å². The highest BCUT2D eigenvalue weighted by Crippen LogP contribution is 2.39. The summed E-state index contributed by atoms with van der Waals surface area (Å²) in [6.07, 6.45) is 3.87. The van der Waals surface area contributed by atoms with Gasteiger partial charge >= 0.3 is 17.8 Å². The minimum atomic E-state index is -0.974. The van der Waals surface area contributed by atoms with Crippen molar-refractivity contribution in [1.29, 1.82) is 0 Å².